The van der Waals surface area contributed by atoms with Crippen LogP contribution in [0.1, 0.15) is 32.6 Å². The number of nitrogens with two attached hydrogens (primary N) is 2. The van der Waals surface area contributed by atoms with E-state index in [0.29, 0.717) is 0 Å². The van der Waals surface area contributed by atoms with Gasteiger partial charge >= 0.3 is 5.97 Å². The van der Waals surface area contributed by atoms with Gasteiger partial charge in [0.25, 0.3) is 0 Å². The molecule has 0 rings (SSSR count). The molecule has 0 saturated heterocycles. The van der Waals surface area contributed by atoms with Crippen molar-refractivity contribution in [2.45, 2.75) is 32.6 Å². The van der Waals surface area contributed by atoms with Crippen LogP contribution in [-0.2, 0) is 4.79 Å². The number of aliphatic carboxylic acids is 1. The molecule has 0 radical (unpaired) electrons. The van der Waals surface area contributed by atoms with E-state index in [-0.39, 0.29) is 6.54 Å². The average molecular weight is 248 g/mol. The van der Waals surface area contributed by atoms with Crippen LogP contribution in [0.15, 0.2) is 0 Å². The summed E-state index contributed by atoms with van der Waals surface area (Å²) >= 11 is 0. The van der Waals surface area contributed by atoms with Gasteiger partial charge in [0.05, 0.1) is 33.7 Å². The Labute approximate surface area is 105 Å². The van der Waals surface area contributed by atoms with Crippen LogP contribution in [0.3, 0.4) is 0 Å². The summed E-state index contributed by atoms with van der Waals surface area (Å²) in [6.45, 7) is 5.32. The second-order valence-electron chi connectivity index (χ2n) is 4.83. The molecule has 5 N–H and O–H groups in total. The zero-order chi connectivity index (χ0) is 13.7. The average Bonchev–Trinajstić information content (AvgIpc) is 2.27. The molecule has 0 aliphatic carbocycles. The number of carboxylic acid groups (broad SMARTS) is 1. The maximum absolute atomic E-state index is 9.24. The zero-order valence-corrected chi connectivity index (χ0v) is 11.6. The fourth-order valence-corrected chi connectivity index (χ4v) is 1.42. The highest BCUT2D eigenvalue weighted by Gasteiger charge is 2.12. The Morgan fingerprint density at radius 1 is 1.12 bits per heavy atom. The summed E-state index contributed by atoms with van der Waals surface area (Å²) in [6.07, 6.45) is 5.19. The minimum Gasteiger partial charge on any atom is -0.480 e. The predicted octanol–water partition coefficient (Wildman–Crippen LogP) is 0.632. The van der Waals surface area contributed by atoms with Crippen molar-refractivity contribution in [3.05, 3.63) is 0 Å². The lowest BCUT2D eigenvalue weighted by molar-refractivity contribution is -0.890. The van der Waals surface area contributed by atoms with Gasteiger partial charge in [-0.2, -0.15) is 0 Å². The van der Waals surface area contributed by atoms with Crippen molar-refractivity contribution in [2.75, 3.05) is 40.3 Å². The lowest BCUT2D eigenvalue weighted by Gasteiger charge is -2.29. The highest BCUT2D eigenvalue weighted by Crippen LogP contribution is 2.04. The van der Waals surface area contributed by atoms with Gasteiger partial charge in [-0.15, -0.1) is 0 Å². The number of nitrogens with zero attached hydrogens (tertiary/aromatic N) is 1. The van der Waals surface area contributed by atoms with Crippen LogP contribution in [0.5, 0.6) is 0 Å². The molecular weight excluding hydrogens is 218 g/mol. The molecular formula is C12H30N3O2+. The molecule has 0 spiro atoms. The Morgan fingerprint density at radius 3 is 1.94 bits per heavy atom. The van der Waals surface area contributed by atoms with E-state index < -0.39 is 5.97 Å². The minimum absolute atomic E-state index is 0.278. The maximum Gasteiger partial charge on any atom is 0.317 e. The summed E-state index contributed by atoms with van der Waals surface area (Å²) in [5.41, 5.74) is 10.1. The molecule has 0 bridgehead atoms. The van der Waals surface area contributed by atoms with Crippen LogP contribution in [0.4, 0.5) is 0 Å². The Bertz CT molecular complexity index is 185. The molecule has 0 aromatic carbocycles. The first-order valence-corrected chi connectivity index (χ1v) is 6.33. The second-order valence-corrected chi connectivity index (χ2v) is 4.83. The number of unbranched alkanes of at least 4 members (excludes halogenated alkanes) is 2. The molecule has 0 unspecified atom stereocenters. The van der Waals surface area contributed by atoms with E-state index in [4.69, 9.17) is 10.8 Å². The fourth-order valence-electron chi connectivity index (χ4n) is 1.42. The van der Waals surface area contributed by atoms with Gasteiger partial charge in [0, 0.05) is 6.42 Å². The summed E-state index contributed by atoms with van der Waals surface area (Å²) in [4.78, 5) is 9.24. The number of rotatable bonds is 8. The van der Waals surface area contributed by atoms with Crippen molar-refractivity contribution in [1.29, 1.82) is 0 Å². The number of quaternary nitrogens is 1. The topological polar surface area (TPSA) is 89.3 Å². The number of carbonyl (C=O) groups is 1. The van der Waals surface area contributed by atoms with Crippen molar-refractivity contribution in [2.24, 2.45) is 11.5 Å². The van der Waals surface area contributed by atoms with Gasteiger partial charge in [0.15, 0.2) is 0 Å². The molecule has 0 aliphatic heterocycles. The van der Waals surface area contributed by atoms with Gasteiger partial charge < -0.3 is 21.1 Å². The standard InChI is InChI=1S/C10H25N2.C2H5NO2/c1-4-5-6-9-12(2,3)10-7-8-11;3-1-2(4)5/h4-11H2,1-3H3;1,3H2,(H,4,5)/q+1;. The molecule has 0 fully saturated rings. The SMILES string of the molecule is CCCCC[N+](C)(C)CCCN.NCC(=O)O. The second kappa shape index (κ2) is 11.8. The summed E-state index contributed by atoms with van der Waals surface area (Å²) < 4.78 is 1.14. The number of hydrogen-bond donors (Lipinski definition) is 3. The summed E-state index contributed by atoms with van der Waals surface area (Å²) in [5.74, 6) is -0.968. The summed E-state index contributed by atoms with van der Waals surface area (Å²) in [7, 11) is 4.59. The first kappa shape index (κ1) is 18.7. The van der Waals surface area contributed by atoms with E-state index in [0.717, 1.165) is 17.4 Å². The quantitative estimate of drug-likeness (QED) is 0.434. The van der Waals surface area contributed by atoms with Gasteiger partial charge in [-0.25, -0.2) is 0 Å². The van der Waals surface area contributed by atoms with Gasteiger partial charge in [0.2, 0.25) is 0 Å². The van der Waals surface area contributed by atoms with Gasteiger partial charge in [-0.3, -0.25) is 4.79 Å². The van der Waals surface area contributed by atoms with Crippen LogP contribution in [0.2, 0.25) is 0 Å². The largest absolute Gasteiger partial charge is 0.480 e. The van der Waals surface area contributed by atoms with Crippen LogP contribution >= 0.6 is 0 Å². The Hall–Kier alpha value is -0.650. The van der Waals surface area contributed by atoms with E-state index in [1.165, 1.54) is 32.4 Å². The third kappa shape index (κ3) is 17.9. The van der Waals surface area contributed by atoms with Crippen LogP contribution in [0, 0.1) is 0 Å². The lowest BCUT2D eigenvalue weighted by atomic mass is 10.2. The third-order valence-corrected chi connectivity index (χ3v) is 2.51. The van der Waals surface area contributed by atoms with E-state index in [1.54, 1.807) is 0 Å². The Kier molecular flexibility index (Phi) is 13.0. The number of carboxylic acids is 1. The molecule has 0 aliphatic rings. The predicted molar refractivity (Wildman–Crippen MR) is 71.7 cm³/mol. The van der Waals surface area contributed by atoms with E-state index >= 15 is 0 Å². The molecule has 5 heteroatoms. The highest BCUT2D eigenvalue weighted by molar-refractivity contribution is 5.68. The van der Waals surface area contributed by atoms with E-state index in [2.05, 4.69) is 26.8 Å². The van der Waals surface area contributed by atoms with Crippen molar-refractivity contribution in [3.8, 4) is 0 Å². The van der Waals surface area contributed by atoms with Crippen molar-refractivity contribution >= 4 is 5.97 Å². The molecule has 5 nitrogen and oxygen atoms in total. The van der Waals surface area contributed by atoms with Crippen LogP contribution < -0.4 is 11.5 Å². The highest BCUT2D eigenvalue weighted by atomic mass is 16.4. The van der Waals surface area contributed by atoms with E-state index in [9.17, 15) is 4.79 Å². The smallest absolute Gasteiger partial charge is 0.317 e. The lowest BCUT2D eigenvalue weighted by Crippen LogP contribution is -2.41. The molecule has 17 heavy (non-hydrogen) atoms. The van der Waals surface area contributed by atoms with Gasteiger partial charge in [0.1, 0.15) is 0 Å². The Balaban J connectivity index is 0. The molecule has 0 heterocycles. The van der Waals surface area contributed by atoms with Gasteiger partial charge in [-0.05, 0) is 19.4 Å². The molecule has 0 aromatic rings. The number of hydrogen-bond acceptors (Lipinski definition) is 3. The zero-order valence-electron chi connectivity index (χ0n) is 11.6. The first-order chi connectivity index (χ1) is 7.89. The summed E-state index contributed by atoms with van der Waals surface area (Å²) in [5, 5.41) is 7.60. The van der Waals surface area contributed by atoms with Crippen molar-refractivity contribution < 1.29 is 14.4 Å². The van der Waals surface area contributed by atoms with Gasteiger partial charge in [-0.1, -0.05) is 13.3 Å². The van der Waals surface area contributed by atoms with Crippen LogP contribution in [0.25, 0.3) is 0 Å². The Morgan fingerprint density at radius 2 is 1.59 bits per heavy atom. The molecule has 0 aromatic heterocycles. The maximum atomic E-state index is 9.24. The summed E-state index contributed by atoms with van der Waals surface area (Å²) in [6, 6.07) is 0. The monoisotopic (exact) mass is 248 g/mol. The van der Waals surface area contributed by atoms with Crippen LogP contribution in [-0.4, -0.2) is 55.8 Å². The fraction of sp³-hybridized carbons (Fsp3) is 0.917. The van der Waals surface area contributed by atoms with E-state index in [1.807, 2.05) is 0 Å². The molecule has 0 saturated carbocycles. The minimum atomic E-state index is -0.968. The normalized spacial score (nSPS) is 10.6. The molecule has 0 atom stereocenters. The third-order valence-electron chi connectivity index (χ3n) is 2.51. The molecule has 0 amide bonds. The molecule has 104 valence electrons. The van der Waals surface area contributed by atoms with Crippen molar-refractivity contribution in [1.82, 2.24) is 0 Å². The first-order valence-electron chi connectivity index (χ1n) is 6.33. The van der Waals surface area contributed by atoms with Crippen molar-refractivity contribution in [3.63, 3.8) is 0 Å².